The van der Waals surface area contributed by atoms with E-state index in [0.717, 1.165) is 16.8 Å². The Morgan fingerprint density at radius 1 is 1.47 bits per heavy atom. The Morgan fingerprint density at radius 2 is 2.26 bits per heavy atom. The zero-order valence-electron chi connectivity index (χ0n) is 10.7. The van der Waals surface area contributed by atoms with Crippen molar-refractivity contribution in [3.05, 3.63) is 23.9 Å². The standard InChI is InChI=1S/C13H14N4O2/c1-7-12(13(14)17(2)16-7)8-3-4-10-9(5-8)15-11(18)6-19-10/h3-5H,6,14H2,1-2H3,(H,15,18). The number of ether oxygens (including phenoxy) is 1. The summed E-state index contributed by atoms with van der Waals surface area (Å²) < 4.78 is 6.97. The fraction of sp³-hybridized carbons (Fsp3) is 0.231. The molecule has 6 heteroatoms. The van der Waals surface area contributed by atoms with E-state index in [-0.39, 0.29) is 12.5 Å². The molecule has 0 radical (unpaired) electrons. The van der Waals surface area contributed by atoms with Gasteiger partial charge in [-0.05, 0) is 24.6 Å². The Hall–Kier alpha value is -2.50. The topological polar surface area (TPSA) is 82.2 Å². The van der Waals surface area contributed by atoms with Crippen molar-refractivity contribution in [1.82, 2.24) is 9.78 Å². The Labute approximate surface area is 110 Å². The van der Waals surface area contributed by atoms with E-state index in [0.29, 0.717) is 17.3 Å². The number of nitrogens with one attached hydrogen (secondary N) is 1. The summed E-state index contributed by atoms with van der Waals surface area (Å²) in [5, 5.41) is 7.07. The number of rotatable bonds is 1. The smallest absolute Gasteiger partial charge is 0.262 e. The van der Waals surface area contributed by atoms with E-state index >= 15 is 0 Å². The first-order valence-corrected chi connectivity index (χ1v) is 5.92. The van der Waals surface area contributed by atoms with Gasteiger partial charge in [-0.1, -0.05) is 6.07 Å². The van der Waals surface area contributed by atoms with Crippen molar-refractivity contribution in [2.45, 2.75) is 6.92 Å². The molecule has 1 amide bonds. The molecule has 0 unspecified atom stereocenters. The third kappa shape index (κ3) is 1.81. The molecule has 0 spiro atoms. The van der Waals surface area contributed by atoms with Crippen LogP contribution in [-0.4, -0.2) is 22.3 Å². The molecule has 2 aromatic rings. The van der Waals surface area contributed by atoms with Gasteiger partial charge in [-0.15, -0.1) is 0 Å². The molecule has 1 aliphatic heterocycles. The van der Waals surface area contributed by atoms with Crippen LogP contribution in [-0.2, 0) is 11.8 Å². The minimum atomic E-state index is -0.152. The lowest BCUT2D eigenvalue weighted by molar-refractivity contribution is -0.118. The summed E-state index contributed by atoms with van der Waals surface area (Å²) in [7, 11) is 1.80. The molecule has 19 heavy (non-hydrogen) atoms. The lowest BCUT2D eigenvalue weighted by Gasteiger charge is -2.18. The van der Waals surface area contributed by atoms with Crippen LogP contribution in [0.15, 0.2) is 18.2 Å². The van der Waals surface area contributed by atoms with Crippen LogP contribution in [0, 0.1) is 6.92 Å². The number of nitrogens with zero attached hydrogens (tertiary/aromatic N) is 2. The highest BCUT2D eigenvalue weighted by Gasteiger charge is 2.19. The molecule has 1 aromatic carbocycles. The first-order valence-electron chi connectivity index (χ1n) is 5.92. The van der Waals surface area contributed by atoms with Gasteiger partial charge in [-0.2, -0.15) is 5.10 Å². The Bertz CT molecular complexity index is 676. The van der Waals surface area contributed by atoms with E-state index in [1.165, 1.54) is 0 Å². The normalized spacial score (nSPS) is 13.7. The molecule has 0 saturated carbocycles. The molecule has 98 valence electrons. The lowest BCUT2D eigenvalue weighted by Crippen LogP contribution is -2.25. The molecular weight excluding hydrogens is 244 g/mol. The lowest BCUT2D eigenvalue weighted by atomic mass is 10.0. The highest BCUT2D eigenvalue weighted by Crippen LogP contribution is 2.35. The predicted molar refractivity (Wildman–Crippen MR) is 71.9 cm³/mol. The number of fused-ring (bicyclic) bond motifs is 1. The van der Waals surface area contributed by atoms with Crippen LogP contribution in [0.2, 0.25) is 0 Å². The number of nitrogens with two attached hydrogens (primary N) is 1. The van der Waals surface area contributed by atoms with Crippen molar-refractivity contribution >= 4 is 17.4 Å². The van der Waals surface area contributed by atoms with Gasteiger partial charge in [-0.25, -0.2) is 0 Å². The largest absolute Gasteiger partial charge is 0.482 e. The molecule has 0 saturated heterocycles. The number of hydrogen-bond donors (Lipinski definition) is 2. The van der Waals surface area contributed by atoms with E-state index in [1.807, 2.05) is 25.1 Å². The number of aryl methyl sites for hydroxylation is 2. The molecule has 3 N–H and O–H groups in total. The molecule has 2 heterocycles. The maximum Gasteiger partial charge on any atom is 0.262 e. The predicted octanol–water partition coefficient (Wildman–Crippen LogP) is 1.31. The molecule has 1 aromatic heterocycles. The van der Waals surface area contributed by atoms with E-state index in [1.54, 1.807) is 11.7 Å². The van der Waals surface area contributed by atoms with Gasteiger partial charge in [0.15, 0.2) is 6.61 Å². The molecule has 0 fully saturated rings. The zero-order chi connectivity index (χ0) is 13.6. The quantitative estimate of drug-likeness (QED) is 0.808. The average molecular weight is 258 g/mol. The van der Waals surface area contributed by atoms with Crippen LogP contribution in [0.4, 0.5) is 11.5 Å². The van der Waals surface area contributed by atoms with Gasteiger partial charge in [0.05, 0.1) is 11.4 Å². The number of hydrogen-bond acceptors (Lipinski definition) is 4. The van der Waals surface area contributed by atoms with Crippen LogP contribution in [0.3, 0.4) is 0 Å². The first-order chi connectivity index (χ1) is 9.06. The summed E-state index contributed by atoms with van der Waals surface area (Å²) >= 11 is 0. The summed E-state index contributed by atoms with van der Waals surface area (Å²) in [6.45, 7) is 1.96. The summed E-state index contributed by atoms with van der Waals surface area (Å²) in [6, 6.07) is 5.60. The van der Waals surface area contributed by atoms with Crippen LogP contribution < -0.4 is 15.8 Å². The highest BCUT2D eigenvalue weighted by molar-refractivity contribution is 5.96. The number of amides is 1. The van der Waals surface area contributed by atoms with E-state index in [2.05, 4.69) is 10.4 Å². The minimum Gasteiger partial charge on any atom is -0.482 e. The number of nitrogen functional groups attached to an aromatic ring is 1. The third-order valence-corrected chi connectivity index (χ3v) is 3.17. The summed E-state index contributed by atoms with van der Waals surface area (Å²) in [5.74, 6) is 1.12. The van der Waals surface area contributed by atoms with Gasteiger partial charge in [-0.3, -0.25) is 9.48 Å². The fourth-order valence-corrected chi connectivity index (χ4v) is 2.27. The Balaban J connectivity index is 2.11. The summed E-state index contributed by atoms with van der Waals surface area (Å²) in [4.78, 5) is 11.3. The summed E-state index contributed by atoms with van der Waals surface area (Å²) in [6.07, 6.45) is 0. The fourth-order valence-electron chi connectivity index (χ4n) is 2.27. The van der Waals surface area contributed by atoms with E-state index in [4.69, 9.17) is 10.5 Å². The van der Waals surface area contributed by atoms with Crippen molar-refractivity contribution in [2.75, 3.05) is 17.7 Å². The van der Waals surface area contributed by atoms with Crippen molar-refractivity contribution in [1.29, 1.82) is 0 Å². The number of aromatic nitrogens is 2. The van der Waals surface area contributed by atoms with Gasteiger partial charge >= 0.3 is 0 Å². The van der Waals surface area contributed by atoms with Crippen LogP contribution in [0.1, 0.15) is 5.69 Å². The summed E-state index contributed by atoms with van der Waals surface area (Å²) in [5.41, 5.74) is 9.32. The Morgan fingerprint density at radius 3 is 2.95 bits per heavy atom. The number of carbonyl (C=O) groups is 1. The minimum absolute atomic E-state index is 0.0560. The maximum absolute atomic E-state index is 11.3. The van der Waals surface area contributed by atoms with E-state index in [9.17, 15) is 4.79 Å². The number of carbonyl (C=O) groups excluding carboxylic acids is 1. The molecule has 3 rings (SSSR count). The first kappa shape index (κ1) is 11.6. The van der Waals surface area contributed by atoms with Gasteiger partial charge < -0.3 is 15.8 Å². The van der Waals surface area contributed by atoms with E-state index < -0.39 is 0 Å². The van der Waals surface area contributed by atoms with Crippen LogP contribution in [0.25, 0.3) is 11.1 Å². The maximum atomic E-state index is 11.3. The van der Waals surface area contributed by atoms with Crippen molar-refractivity contribution in [2.24, 2.45) is 7.05 Å². The molecule has 0 atom stereocenters. The van der Waals surface area contributed by atoms with Crippen molar-refractivity contribution < 1.29 is 9.53 Å². The number of benzene rings is 1. The molecular formula is C13H14N4O2. The molecule has 1 aliphatic rings. The second-order valence-corrected chi connectivity index (χ2v) is 4.52. The van der Waals surface area contributed by atoms with Gasteiger partial charge in [0.1, 0.15) is 11.6 Å². The zero-order valence-corrected chi connectivity index (χ0v) is 10.7. The SMILES string of the molecule is Cc1nn(C)c(N)c1-c1ccc2c(c1)NC(=O)CO2. The van der Waals surface area contributed by atoms with Gasteiger partial charge in [0.2, 0.25) is 0 Å². The second kappa shape index (κ2) is 4.01. The highest BCUT2D eigenvalue weighted by atomic mass is 16.5. The van der Waals surface area contributed by atoms with Crippen molar-refractivity contribution in [3.8, 4) is 16.9 Å². The Kier molecular flexibility index (Phi) is 2.45. The van der Waals surface area contributed by atoms with Crippen LogP contribution >= 0.6 is 0 Å². The number of anilines is 2. The monoisotopic (exact) mass is 258 g/mol. The van der Waals surface area contributed by atoms with Gasteiger partial charge in [0.25, 0.3) is 5.91 Å². The van der Waals surface area contributed by atoms with Gasteiger partial charge in [0, 0.05) is 12.6 Å². The molecule has 6 nitrogen and oxygen atoms in total. The molecule has 0 bridgehead atoms. The molecule has 0 aliphatic carbocycles. The second-order valence-electron chi connectivity index (χ2n) is 4.52. The average Bonchev–Trinajstić information content (AvgIpc) is 2.62. The van der Waals surface area contributed by atoms with Crippen LogP contribution in [0.5, 0.6) is 5.75 Å². The third-order valence-electron chi connectivity index (χ3n) is 3.17. The van der Waals surface area contributed by atoms with Crippen molar-refractivity contribution in [3.63, 3.8) is 0 Å².